The molecule has 1 atom stereocenters. The third-order valence-electron chi connectivity index (χ3n) is 2.55. The van der Waals surface area contributed by atoms with Gasteiger partial charge in [0.05, 0.1) is 18.4 Å². The van der Waals surface area contributed by atoms with E-state index in [4.69, 9.17) is 15.6 Å². The number of nitrogen functional groups attached to an aromatic ring is 1. The fourth-order valence-corrected chi connectivity index (χ4v) is 2.55. The topological polar surface area (TPSA) is 119 Å². The second-order valence-corrected chi connectivity index (χ2v) is 5.79. The van der Waals surface area contributed by atoms with Crippen molar-refractivity contribution in [2.45, 2.75) is 11.0 Å². The Balaban J connectivity index is 3.06. The highest BCUT2D eigenvalue weighted by molar-refractivity contribution is 7.89. The van der Waals surface area contributed by atoms with Crippen LogP contribution < -0.4 is 15.8 Å². The molecule has 0 fully saturated rings. The van der Waals surface area contributed by atoms with Gasteiger partial charge < -0.3 is 20.5 Å². The average molecular weight is 289 g/mol. The van der Waals surface area contributed by atoms with E-state index in [1.807, 2.05) is 0 Å². The van der Waals surface area contributed by atoms with Gasteiger partial charge >= 0.3 is 0 Å². The molecule has 0 amide bonds. The molecule has 0 aliphatic heterocycles. The predicted molar refractivity (Wildman–Crippen MR) is 73.4 cm³/mol. The van der Waals surface area contributed by atoms with E-state index in [9.17, 15) is 13.5 Å². The zero-order valence-corrected chi connectivity index (χ0v) is 11.7. The summed E-state index contributed by atoms with van der Waals surface area (Å²) < 4.78 is 27.9. The summed E-state index contributed by atoms with van der Waals surface area (Å²) in [5.41, 5.74) is 6.25. The van der Waals surface area contributed by atoms with Crippen molar-refractivity contribution in [2.75, 3.05) is 37.9 Å². The molecule has 7 nitrogen and oxygen atoms in total. The van der Waals surface area contributed by atoms with E-state index in [0.29, 0.717) is 11.4 Å². The molecule has 19 heavy (non-hydrogen) atoms. The summed E-state index contributed by atoms with van der Waals surface area (Å²) >= 11 is 0. The first-order valence-corrected chi connectivity index (χ1v) is 7.10. The van der Waals surface area contributed by atoms with Gasteiger partial charge in [-0.2, -0.15) is 0 Å². The maximum absolute atomic E-state index is 11.5. The number of aliphatic hydroxyl groups excluding tert-OH is 1. The molecular formula is C11H19N3O4S. The average Bonchev–Trinajstić information content (AvgIpc) is 2.27. The van der Waals surface area contributed by atoms with Gasteiger partial charge in [0, 0.05) is 26.4 Å². The molecule has 0 aromatic heterocycles. The SMILES string of the molecule is COCC(O)CN(C)c1ccc(N)cc1S(N)(=O)=O. The van der Waals surface area contributed by atoms with E-state index in [1.165, 1.54) is 13.2 Å². The number of benzene rings is 1. The fraction of sp³-hybridized carbons (Fsp3) is 0.455. The van der Waals surface area contributed by atoms with Crippen molar-refractivity contribution >= 4 is 21.4 Å². The summed E-state index contributed by atoms with van der Waals surface area (Å²) in [7, 11) is -0.757. The normalized spacial score (nSPS) is 13.3. The number of anilines is 2. The standard InChI is InChI=1S/C11H19N3O4S/c1-14(6-9(15)7-18-2)10-4-3-8(12)5-11(10)19(13,16)17/h3-5,9,15H,6-7,12H2,1-2H3,(H2,13,16,17). The van der Waals surface area contributed by atoms with Gasteiger partial charge in [-0.05, 0) is 18.2 Å². The maximum atomic E-state index is 11.5. The number of ether oxygens (including phenoxy) is 1. The molecule has 0 spiro atoms. The van der Waals surface area contributed by atoms with Crippen LogP contribution in [-0.4, -0.2) is 46.9 Å². The Labute approximate surface area is 112 Å². The van der Waals surface area contributed by atoms with Crippen molar-refractivity contribution in [1.82, 2.24) is 0 Å². The van der Waals surface area contributed by atoms with Crippen molar-refractivity contribution in [3.63, 3.8) is 0 Å². The quantitative estimate of drug-likeness (QED) is 0.599. The van der Waals surface area contributed by atoms with Crippen LogP contribution in [0.25, 0.3) is 0 Å². The molecule has 1 rings (SSSR count). The molecule has 0 saturated heterocycles. The predicted octanol–water partition coefficient (Wildman–Crippen LogP) is -0.640. The summed E-state index contributed by atoms with van der Waals surface area (Å²) in [5.74, 6) is 0. The van der Waals surface area contributed by atoms with Gasteiger partial charge in [0.2, 0.25) is 10.0 Å². The lowest BCUT2D eigenvalue weighted by Gasteiger charge is -2.24. The molecule has 0 bridgehead atoms. The number of hydrogen-bond acceptors (Lipinski definition) is 6. The minimum atomic E-state index is -3.88. The van der Waals surface area contributed by atoms with Gasteiger partial charge in [0.15, 0.2) is 0 Å². The van der Waals surface area contributed by atoms with Gasteiger partial charge in [0.25, 0.3) is 0 Å². The van der Waals surface area contributed by atoms with Gasteiger partial charge in [-0.1, -0.05) is 0 Å². The monoisotopic (exact) mass is 289 g/mol. The summed E-state index contributed by atoms with van der Waals surface area (Å²) in [4.78, 5) is 1.52. The van der Waals surface area contributed by atoms with Gasteiger partial charge in [-0.15, -0.1) is 0 Å². The number of methoxy groups -OCH3 is 1. The molecular weight excluding hydrogens is 270 g/mol. The van der Waals surface area contributed by atoms with Crippen LogP contribution in [0.3, 0.4) is 0 Å². The number of nitrogens with two attached hydrogens (primary N) is 2. The minimum absolute atomic E-state index is 0.0698. The molecule has 0 radical (unpaired) electrons. The first kappa shape index (κ1) is 15.7. The van der Waals surface area contributed by atoms with Crippen LogP contribution in [-0.2, 0) is 14.8 Å². The fourth-order valence-electron chi connectivity index (χ4n) is 1.73. The number of hydrogen-bond donors (Lipinski definition) is 3. The summed E-state index contributed by atoms with van der Waals surface area (Å²) in [5, 5.41) is 14.8. The highest BCUT2D eigenvalue weighted by Crippen LogP contribution is 2.25. The Bertz CT molecular complexity index is 533. The molecule has 0 aliphatic rings. The Morgan fingerprint density at radius 1 is 1.47 bits per heavy atom. The molecule has 5 N–H and O–H groups in total. The van der Waals surface area contributed by atoms with Gasteiger partial charge in [0.1, 0.15) is 4.90 Å². The van der Waals surface area contributed by atoms with Crippen LogP contribution in [0.4, 0.5) is 11.4 Å². The molecule has 8 heteroatoms. The number of likely N-dealkylation sites (N-methyl/N-ethyl adjacent to an activating group) is 1. The van der Waals surface area contributed by atoms with Crippen molar-refractivity contribution in [2.24, 2.45) is 5.14 Å². The Morgan fingerprint density at radius 3 is 2.63 bits per heavy atom. The molecule has 0 aliphatic carbocycles. The lowest BCUT2D eigenvalue weighted by molar-refractivity contribution is 0.0694. The second kappa shape index (κ2) is 6.20. The number of rotatable bonds is 6. The van der Waals surface area contributed by atoms with E-state index in [2.05, 4.69) is 0 Å². The third kappa shape index (κ3) is 4.35. The van der Waals surface area contributed by atoms with Gasteiger partial charge in [-0.25, -0.2) is 13.6 Å². The van der Waals surface area contributed by atoms with Crippen molar-refractivity contribution in [3.05, 3.63) is 18.2 Å². The van der Waals surface area contributed by atoms with Crippen LogP contribution >= 0.6 is 0 Å². The van der Waals surface area contributed by atoms with E-state index < -0.39 is 16.1 Å². The van der Waals surface area contributed by atoms with Crippen molar-refractivity contribution in [1.29, 1.82) is 0 Å². The van der Waals surface area contributed by atoms with Crippen molar-refractivity contribution in [3.8, 4) is 0 Å². The minimum Gasteiger partial charge on any atom is -0.399 e. The zero-order chi connectivity index (χ0) is 14.6. The molecule has 1 aromatic rings. The van der Waals surface area contributed by atoms with Crippen LogP contribution in [0.5, 0.6) is 0 Å². The summed E-state index contributed by atoms with van der Waals surface area (Å²) in [6.07, 6.45) is -0.735. The van der Waals surface area contributed by atoms with Crippen LogP contribution in [0.15, 0.2) is 23.1 Å². The lowest BCUT2D eigenvalue weighted by atomic mass is 10.2. The number of aliphatic hydroxyl groups is 1. The Morgan fingerprint density at radius 2 is 2.11 bits per heavy atom. The van der Waals surface area contributed by atoms with Crippen LogP contribution in [0.2, 0.25) is 0 Å². The Kier molecular flexibility index (Phi) is 5.12. The Hall–Kier alpha value is -1.35. The van der Waals surface area contributed by atoms with Crippen LogP contribution in [0, 0.1) is 0 Å². The molecule has 0 heterocycles. The molecule has 108 valence electrons. The lowest BCUT2D eigenvalue weighted by Crippen LogP contribution is -2.33. The molecule has 0 saturated carbocycles. The zero-order valence-electron chi connectivity index (χ0n) is 10.9. The first-order chi connectivity index (χ1) is 8.75. The maximum Gasteiger partial charge on any atom is 0.240 e. The number of primary sulfonamides is 1. The summed E-state index contributed by atoms with van der Waals surface area (Å²) in [6, 6.07) is 4.42. The summed E-state index contributed by atoms with van der Waals surface area (Å²) in [6.45, 7) is 0.365. The number of nitrogens with zero attached hydrogens (tertiary/aromatic N) is 1. The molecule has 1 aromatic carbocycles. The third-order valence-corrected chi connectivity index (χ3v) is 3.49. The largest absolute Gasteiger partial charge is 0.399 e. The van der Waals surface area contributed by atoms with E-state index in [-0.39, 0.29) is 18.0 Å². The van der Waals surface area contributed by atoms with Gasteiger partial charge in [-0.3, -0.25) is 0 Å². The first-order valence-electron chi connectivity index (χ1n) is 5.56. The van der Waals surface area contributed by atoms with E-state index in [1.54, 1.807) is 24.1 Å². The van der Waals surface area contributed by atoms with E-state index in [0.717, 1.165) is 0 Å². The van der Waals surface area contributed by atoms with E-state index >= 15 is 0 Å². The number of sulfonamides is 1. The van der Waals surface area contributed by atoms with Crippen LogP contribution in [0.1, 0.15) is 0 Å². The second-order valence-electron chi connectivity index (χ2n) is 4.26. The highest BCUT2D eigenvalue weighted by atomic mass is 32.2. The molecule has 1 unspecified atom stereocenters. The van der Waals surface area contributed by atoms with Crippen molar-refractivity contribution < 1.29 is 18.3 Å². The smallest absolute Gasteiger partial charge is 0.240 e. The highest BCUT2D eigenvalue weighted by Gasteiger charge is 2.18.